The monoisotopic (exact) mass is 303 g/mol. The van der Waals surface area contributed by atoms with Crippen LogP contribution in [0.5, 0.6) is 0 Å². The van der Waals surface area contributed by atoms with E-state index < -0.39 is 21.7 Å². The lowest BCUT2D eigenvalue weighted by Crippen LogP contribution is -2.32. The van der Waals surface area contributed by atoms with Crippen molar-refractivity contribution >= 4 is 15.7 Å². The van der Waals surface area contributed by atoms with Gasteiger partial charge >= 0.3 is 5.97 Å². The first kappa shape index (κ1) is 16.6. The van der Waals surface area contributed by atoms with E-state index in [1.807, 2.05) is 13.8 Å². The van der Waals surface area contributed by atoms with Gasteiger partial charge in [-0.2, -0.15) is 0 Å². The molecule has 0 aliphatic rings. The fourth-order valence-electron chi connectivity index (χ4n) is 1.65. The van der Waals surface area contributed by atoms with Gasteiger partial charge in [0, 0.05) is 26.8 Å². The zero-order valence-electron chi connectivity index (χ0n) is 11.7. The zero-order chi connectivity index (χ0) is 15.4. The number of rotatable bonds is 8. The normalized spacial score (nSPS) is 16.6. The predicted octanol–water partition coefficient (Wildman–Crippen LogP) is 1.19. The van der Waals surface area contributed by atoms with Crippen molar-refractivity contribution in [2.75, 3.05) is 11.5 Å². The molecule has 0 amide bonds. The molecule has 7 nitrogen and oxygen atoms in total. The van der Waals surface area contributed by atoms with Crippen LogP contribution in [0.15, 0.2) is 17.0 Å². The molecule has 0 bridgehead atoms. The van der Waals surface area contributed by atoms with E-state index in [0.29, 0.717) is 6.42 Å². The van der Waals surface area contributed by atoms with Gasteiger partial charge < -0.3 is 15.4 Å². The molecule has 0 fully saturated rings. The molecule has 0 saturated carbocycles. The highest BCUT2D eigenvalue weighted by Gasteiger charge is 2.25. The highest BCUT2D eigenvalue weighted by Crippen LogP contribution is 2.27. The van der Waals surface area contributed by atoms with Crippen molar-refractivity contribution in [3.63, 3.8) is 0 Å². The van der Waals surface area contributed by atoms with E-state index in [1.165, 1.54) is 6.26 Å². The standard InChI is InChI=1S/C12H21N3O4S/c1-12(2,9-7-15-19-8-9)4-6-20(14,18)5-3-10(13)11(16)17/h7-8,10,14H,3-6,13H2,1-2H3,(H,16,17)/t10-,20?/m0/s1. The summed E-state index contributed by atoms with van der Waals surface area (Å²) in [6.45, 7) is 3.91. The summed E-state index contributed by atoms with van der Waals surface area (Å²) < 4.78 is 24.7. The highest BCUT2D eigenvalue weighted by molar-refractivity contribution is 7.92. The molecule has 20 heavy (non-hydrogen) atoms. The average molecular weight is 303 g/mol. The van der Waals surface area contributed by atoms with Crippen LogP contribution in [0.25, 0.3) is 0 Å². The molecule has 114 valence electrons. The summed E-state index contributed by atoms with van der Waals surface area (Å²) in [6.07, 6.45) is 3.71. The van der Waals surface area contributed by atoms with Crippen molar-refractivity contribution in [2.45, 2.75) is 38.1 Å². The number of nitrogens with one attached hydrogen (secondary N) is 1. The first-order valence-corrected chi connectivity index (χ1v) is 8.16. The largest absolute Gasteiger partial charge is 0.480 e. The Bertz CT molecular complexity index is 537. The molecule has 1 unspecified atom stereocenters. The third-order valence-electron chi connectivity index (χ3n) is 3.35. The van der Waals surface area contributed by atoms with Crippen LogP contribution in [-0.4, -0.2) is 38.0 Å². The lowest BCUT2D eigenvalue weighted by atomic mass is 9.84. The fourth-order valence-corrected chi connectivity index (χ4v) is 3.33. The minimum Gasteiger partial charge on any atom is -0.480 e. The van der Waals surface area contributed by atoms with Crippen LogP contribution in [0, 0.1) is 4.78 Å². The number of carboxylic acids is 1. The van der Waals surface area contributed by atoms with Gasteiger partial charge in [0.25, 0.3) is 0 Å². The molecule has 2 atom stereocenters. The Morgan fingerprint density at radius 2 is 2.25 bits per heavy atom. The van der Waals surface area contributed by atoms with Crippen molar-refractivity contribution in [3.8, 4) is 0 Å². The number of aromatic nitrogens is 1. The summed E-state index contributed by atoms with van der Waals surface area (Å²) in [4.78, 5) is 10.6. The summed E-state index contributed by atoms with van der Waals surface area (Å²) in [6, 6.07) is -1.06. The second kappa shape index (κ2) is 6.36. The van der Waals surface area contributed by atoms with Gasteiger partial charge in [0.15, 0.2) is 0 Å². The van der Waals surface area contributed by atoms with Crippen LogP contribution in [0.4, 0.5) is 0 Å². The van der Waals surface area contributed by atoms with Gasteiger partial charge in [-0.15, -0.1) is 0 Å². The average Bonchev–Trinajstić information content (AvgIpc) is 2.88. The van der Waals surface area contributed by atoms with Crippen molar-refractivity contribution < 1.29 is 18.6 Å². The maximum atomic E-state index is 12.1. The van der Waals surface area contributed by atoms with Crippen LogP contribution in [-0.2, 0) is 19.9 Å². The summed E-state index contributed by atoms with van der Waals surface area (Å²) in [5.41, 5.74) is 5.94. The number of nitrogens with zero attached hydrogens (tertiary/aromatic N) is 1. The Labute approximate surface area is 118 Å². The molecule has 0 aromatic carbocycles. The van der Waals surface area contributed by atoms with Crippen LogP contribution in [0.3, 0.4) is 0 Å². The molecular weight excluding hydrogens is 282 g/mol. The van der Waals surface area contributed by atoms with E-state index in [1.54, 1.807) is 6.20 Å². The highest BCUT2D eigenvalue weighted by atomic mass is 32.2. The van der Waals surface area contributed by atoms with E-state index >= 15 is 0 Å². The molecule has 1 heterocycles. The SMILES string of the molecule is CC(C)(CCS(=N)(=O)CC[C@H](N)C(=O)O)c1cnoc1. The second-order valence-electron chi connectivity index (χ2n) is 5.50. The van der Waals surface area contributed by atoms with Gasteiger partial charge in [0.1, 0.15) is 12.3 Å². The first-order chi connectivity index (χ1) is 9.14. The molecule has 1 aromatic rings. The van der Waals surface area contributed by atoms with Gasteiger partial charge in [-0.3, -0.25) is 9.57 Å². The Hall–Kier alpha value is -1.41. The van der Waals surface area contributed by atoms with Crippen LogP contribution in [0.2, 0.25) is 0 Å². The van der Waals surface area contributed by atoms with Gasteiger partial charge in [-0.1, -0.05) is 19.0 Å². The third-order valence-corrected chi connectivity index (χ3v) is 5.11. The Morgan fingerprint density at radius 3 is 2.75 bits per heavy atom. The molecule has 4 N–H and O–H groups in total. The molecule has 1 rings (SSSR count). The second-order valence-corrected chi connectivity index (χ2v) is 7.94. The fraction of sp³-hybridized carbons (Fsp3) is 0.667. The van der Waals surface area contributed by atoms with E-state index in [2.05, 4.69) is 5.16 Å². The third kappa shape index (κ3) is 4.93. The summed E-state index contributed by atoms with van der Waals surface area (Å²) >= 11 is 0. The van der Waals surface area contributed by atoms with Gasteiger partial charge in [0.05, 0.1) is 6.20 Å². The minimum atomic E-state index is -2.83. The number of carboxylic acid groups (broad SMARTS) is 1. The molecule has 0 aliphatic heterocycles. The summed E-state index contributed by atoms with van der Waals surface area (Å²) in [5, 5.41) is 12.3. The maximum absolute atomic E-state index is 12.1. The van der Waals surface area contributed by atoms with Gasteiger partial charge in [-0.25, -0.2) is 4.21 Å². The molecule has 1 aromatic heterocycles. The van der Waals surface area contributed by atoms with E-state index in [0.717, 1.165) is 5.56 Å². The Kier molecular flexibility index (Phi) is 5.29. The molecule has 8 heteroatoms. The molecule has 0 radical (unpaired) electrons. The lowest BCUT2D eigenvalue weighted by Gasteiger charge is -2.23. The zero-order valence-corrected chi connectivity index (χ0v) is 12.5. The van der Waals surface area contributed by atoms with Crippen molar-refractivity contribution in [1.82, 2.24) is 5.16 Å². The summed E-state index contributed by atoms with van der Waals surface area (Å²) in [7, 11) is -2.83. The smallest absolute Gasteiger partial charge is 0.320 e. The van der Waals surface area contributed by atoms with Gasteiger partial charge in [-0.05, 0) is 18.3 Å². The number of hydrogen-bond acceptors (Lipinski definition) is 6. The van der Waals surface area contributed by atoms with Crippen molar-refractivity contribution in [1.29, 1.82) is 4.78 Å². The van der Waals surface area contributed by atoms with Gasteiger partial charge in [0.2, 0.25) is 0 Å². The van der Waals surface area contributed by atoms with Crippen LogP contribution < -0.4 is 5.73 Å². The van der Waals surface area contributed by atoms with Crippen LogP contribution in [0.1, 0.15) is 32.3 Å². The van der Waals surface area contributed by atoms with E-state index in [4.69, 9.17) is 20.1 Å². The Morgan fingerprint density at radius 1 is 1.60 bits per heavy atom. The topological polar surface area (TPSA) is 130 Å². The van der Waals surface area contributed by atoms with Crippen molar-refractivity contribution in [3.05, 3.63) is 18.0 Å². The molecule has 0 spiro atoms. The molecular formula is C12H21N3O4S. The quantitative estimate of drug-likeness (QED) is 0.661. The minimum absolute atomic E-state index is 0.000182. The number of nitrogens with two attached hydrogens (primary N) is 1. The first-order valence-electron chi connectivity index (χ1n) is 6.26. The summed E-state index contributed by atoms with van der Waals surface area (Å²) in [5.74, 6) is -0.942. The predicted molar refractivity (Wildman–Crippen MR) is 75.0 cm³/mol. The lowest BCUT2D eigenvalue weighted by molar-refractivity contribution is -0.138. The number of aliphatic carboxylic acids is 1. The van der Waals surface area contributed by atoms with E-state index in [9.17, 15) is 9.00 Å². The Balaban J connectivity index is 2.53. The van der Waals surface area contributed by atoms with Crippen LogP contribution >= 0.6 is 0 Å². The van der Waals surface area contributed by atoms with E-state index in [-0.39, 0.29) is 23.3 Å². The van der Waals surface area contributed by atoms with Crippen molar-refractivity contribution in [2.24, 2.45) is 5.73 Å². The number of hydrogen-bond donors (Lipinski definition) is 3. The molecule has 0 aliphatic carbocycles. The number of carbonyl (C=O) groups is 1. The maximum Gasteiger partial charge on any atom is 0.320 e. The molecule has 0 saturated heterocycles.